The topological polar surface area (TPSA) is 47.7 Å². The van der Waals surface area contributed by atoms with E-state index in [2.05, 4.69) is 17.0 Å². The molecule has 1 heterocycles. The summed E-state index contributed by atoms with van der Waals surface area (Å²) in [6, 6.07) is 6.17. The zero-order chi connectivity index (χ0) is 12.1. The average Bonchev–Trinajstić information content (AvgIpc) is 2.60. The van der Waals surface area contributed by atoms with Gasteiger partial charge in [0.15, 0.2) is 11.5 Å². The molecular formula is C13H20N2O2. The van der Waals surface area contributed by atoms with E-state index < -0.39 is 0 Å². The third-order valence-corrected chi connectivity index (χ3v) is 2.91. The fraction of sp³-hybridized carbons (Fsp3) is 0.538. The van der Waals surface area contributed by atoms with E-state index in [9.17, 15) is 0 Å². The molecule has 0 aliphatic carbocycles. The van der Waals surface area contributed by atoms with E-state index in [1.807, 2.05) is 13.1 Å². The van der Waals surface area contributed by atoms with Crippen molar-refractivity contribution in [1.82, 2.24) is 4.90 Å². The molecule has 0 spiro atoms. The lowest BCUT2D eigenvalue weighted by Gasteiger charge is -2.14. The molecule has 0 unspecified atom stereocenters. The molecule has 94 valence electrons. The largest absolute Gasteiger partial charge is 0.490 e. The normalized spacial score (nSPS) is 14.8. The van der Waals surface area contributed by atoms with Gasteiger partial charge in [-0.05, 0) is 31.2 Å². The minimum atomic E-state index is 0.588. The first-order valence-corrected chi connectivity index (χ1v) is 6.07. The van der Waals surface area contributed by atoms with Gasteiger partial charge in [0.1, 0.15) is 0 Å². The monoisotopic (exact) mass is 236 g/mol. The molecule has 0 amide bonds. The maximum Gasteiger partial charge on any atom is 0.161 e. The highest BCUT2D eigenvalue weighted by atomic mass is 16.5. The lowest BCUT2D eigenvalue weighted by atomic mass is 10.1. The van der Waals surface area contributed by atoms with Gasteiger partial charge < -0.3 is 15.2 Å². The van der Waals surface area contributed by atoms with Crippen LogP contribution in [0.4, 0.5) is 0 Å². The van der Waals surface area contributed by atoms with Crippen LogP contribution in [0.2, 0.25) is 0 Å². The second-order valence-electron chi connectivity index (χ2n) is 4.34. The van der Waals surface area contributed by atoms with Crippen LogP contribution in [-0.2, 0) is 6.42 Å². The minimum absolute atomic E-state index is 0.588. The van der Waals surface area contributed by atoms with E-state index in [1.165, 1.54) is 5.56 Å². The van der Waals surface area contributed by atoms with Crippen LogP contribution in [-0.4, -0.2) is 38.4 Å². The van der Waals surface area contributed by atoms with E-state index in [0.717, 1.165) is 44.1 Å². The van der Waals surface area contributed by atoms with Crippen molar-refractivity contribution in [2.45, 2.75) is 12.8 Å². The molecule has 1 aliphatic heterocycles. The Kier molecular flexibility index (Phi) is 4.23. The summed E-state index contributed by atoms with van der Waals surface area (Å²) >= 11 is 0. The van der Waals surface area contributed by atoms with Gasteiger partial charge in [0.25, 0.3) is 0 Å². The molecule has 2 N–H and O–H groups in total. The fourth-order valence-corrected chi connectivity index (χ4v) is 1.77. The van der Waals surface area contributed by atoms with Crippen molar-refractivity contribution in [3.05, 3.63) is 23.8 Å². The van der Waals surface area contributed by atoms with Gasteiger partial charge in [-0.3, -0.25) is 4.90 Å². The van der Waals surface area contributed by atoms with Crippen LogP contribution in [0.3, 0.4) is 0 Å². The molecule has 1 aliphatic rings. The van der Waals surface area contributed by atoms with Gasteiger partial charge in [-0.15, -0.1) is 0 Å². The van der Waals surface area contributed by atoms with Crippen molar-refractivity contribution >= 4 is 0 Å². The van der Waals surface area contributed by atoms with Crippen LogP contribution in [0.1, 0.15) is 12.0 Å². The Labute approximate surface area is 102 Å². The van der Waals surface area contributed by atoms with Crippen molar-refractivity contribution in [3.63, 3.8) is 0 Å². The van der Waals surface area contributed by atoms with Crippen molar-refractivity contribution in [1.29, 1.82) is 0 Å². The lowest BCUT2D eigenvalue weighted by molar-refractivity contribution is 0.297. The van der Waals surface area contributed by atoms with Crippen molar-refractivity contribution in [2.75, 3.05) is 33.5 Å². The molecule has 1 aromatic carbocycles. The molecule has 0 saturated carbocycles. The van der Waals surface area contributed by atoms with Crippen molar-refractivity contribution < 1.29 is 9.47 Å². The van der Waals surface area contributed by atoms with Gasteiger partial charge in [0, 0.05) is 19.6 Å². The molecule has 0 fully saturated rings. The first-order valence-electron chi connectivity index (χ1n) is 6.07. The average molecular weight is 236 g/mol. The van der Waals surface area contributed by atoms with E-state index in [-0.39, 0.29) is 0 Å². The number of nitrogens with zero attached hydrogens (tertiary/aromatic N) is 1. The first kappa shape index (κ1) is 12.2. The molecule has 2 rings (SSSR count). The summed E-state index contributed by atoms with van der Waals surface area (Å²) in [5.41, 5.74) is 6.81. The molecule has 0 radical (unpaired) electrons. The van der Waals surface area contributed by atoms with Crippen LogP contribution in [0.15, 0.2) is 18.2 Å². The predicted octanol–water partition coefficient (Wildman–Crippen LogP) is 1.24. The number of nitrogens with two attached hydrogens (primary N) is 1. The van der Waals surface area contributed by atoms with Crippen LogP contribution in [0, 0.1) is 0 Å². The Morgan fingerprint density at radius 3 is 2.76 bits per heavy atom. The highest BCUT2D eigenvalue weighted by Gasteiger charge is 2.10. The summed E-state index contributed by atoms with van der Waals surface area (Å²) in [7, 11) is 2.02. The summed E-state index contributed by atoms with van der Waals surface area (Å²) in [4.78, 5) is 2.09. The standard InChI is InChI=1S/C13H20N2O2/c1-15(10-14)6-5-11-3-4-12-13(9-11)17-8-2-7-16-12/h3-4,9H,2,5-8,10,14H2,1H3. The van der Waals surface area contributed by atoms with Gasteiger partial charge in [0.2, 0.25) is 0 Å². The lowest BCUT2D eigenvalue weighted by Crippen LogP contribution is -2.27. The van der Waals surface area contributed by atoms with E-state index >= 15 is 0 Å². The van der Waals surface area contributed by atoms with Crippen LogP contribution in [0.25, 0.3) is 0 Å². The number of benzene rings is 1. The zero-order valence-electron chi connectivity index (χ0n) is 10.3. The molecule has 1 aromatic rings. The second kappa shape index (κ2) is 5.89. The zero-order valence-corrected chi connectivity index (χ0v) is 10.3. The summed E-state index contributed by atoms with van der Waals surface area (Å²) in [6.45, 7) is 3.02. The summed E-state index contributed by atoms with van der Waals surface area (Å²) < 4.78 is 11.3. The number of likely N-dealkylation sites (N-methyl/N-ethyl adjacent to an activating group) is 1. The summed E-state index contributed by atoms with van der Waals surface area (Å²) in [5, 5.41) is 0. The van der Waals surface area contributed by atoms with Gasteiger partial charge in [-0.25, -0.2) is 0 Å². The predicted molar refractivity (Wildman–Crippen MR) is 67.4 cm³/mol. The molecule has 4 nitrogen and oxygen atoms in total. The highest BCUT2D eigenvalue weighted by molar-refractivity contribution is 5.43. The van der Waals surface area contributed by atoms with Crippen molar-refractivity contribution in [3.8, 4) is 11.5 Å². The third-order valence-electron chi connectivity index (χ3n) is 2.91. The van der Waals surface area contributed by atoms with Crippen molar-refractivity contribution in [2.24, 2.45) is 5.73 Å². The van der Waals surface area contributed by atoms with Gasteiger partial charge in [-0.1, -0.05) is 6.07 Å². The van der Waals surface area contributed by atoms with E-state index in [1.54, 1.807) is 0 Å². The van der Waals surface area contributed by atoms with Crippen LogP contribution in [0.5, 0.6) is 11.5 Å². The Morgan fingerprint density at radius 2 is 2.00 bits per heavy atom. The molecule has 0 atom stereocenters. The smallest absolute Gasteiger partial charge is 0.161 e. The summed E-state index contributed by atoms with van der Waals surface area (Å²) in [5.74, 6) is 1.73. The molecule has 0 aromatic heterocycles. The first-order chi connectivity index (χ1) is 8.29. The van der Waals surface area contributed by atoms with Crippen LogP contribution >= 0.6 is 0 Å². The molecule has 17 heavy (non-hydrogen) atoms. The fourth-order valence-electron chi connectivity index (χ4n) is 1.77. The second-order valence-corrected chi connectivity index (χ2v) is 4.34. The minimum Gasteiger partial charge on any atom is -0.490 e. The quantitative estimate of drug-likeness (QED) is 0.799. The highest BCUT2D eigenvalue weighted by Crippen LogP contribution is 2.30. The van der Waals surface area contributed by atoms with Gasteiger partial charge >= 0.3 is 0 Å². The van der Waals surface area contributed by atoms with E-state index in [0.29, 0.717) is 6.67 Å². The number of hydrogen-bond acceptors (Lipinski definition) is 4. The maximum atomic E-state index is 5.66. The Morgan fingerprint density at radius 1 is 1.24 bits per heavy atom. The van der Waals surface area contributed by atoms with Gasteiger partial charge in [-0.2, -0.15) is 0 Å². The Bertz CT molecular complexity index is 368. The Hall–Kier alpha value is -1.26. The third kappa shape index (κ3) is 3.35. The number of ether oxygens (including phenoxy) is 2. The number of rotatable bonds is 4. The maximum absolute atomic E-state index is 5.66. The number of fused-ring (bicyclic) bond motifs is 1. The summed E-state index contributed by atoms with van der Waals surface area (Å²) in [6.07, 6.45) is 1.92. The molecule has 0 saturated heterocycles. The molecule has 4 heteroatoms. The van der Waals surface area contributed by atoms with Gasteiger partial charge in [0.05, 0.1) is 13.2 Å². The SMILES string of the molecule is CN(CN)CCc1ccc2c(c1)OCCCO2. The number of hydrogen-bond donors (Lipinski definition) is 1. The van der Waals surface area contributed by atoms with Crippen LogP contribution < -0.4 is 15.2 Å². The molecular weight excluding hydrogens is 216 g/mol. The van der Waals surface area contributed by atoms with E-state index in [4.69, 9.17) is 15.2 Å². The molecule has 0 bridgehead atoms. The Balaban J connectivity index is 2.02.